The molecule has 0 heterocycles. The summed E-state index contributed by atoms with van der Waals surface area (Å²) in [5, 5.41) is 0.592. The molecule has 1 atom stereocenters. The molecule has 116 valence electrons. The van der Waals surface area contributed by atoms with E-state index in [1.54, 1.807) is 0 Å². The summed E-state index contributed by atoms with van der Waals surface area (Å²) in [4.78, 5) is 4.38. The maximum atomic E-state index is 13.2. The summed E-state index contributed by atoms with van der Waals surface area (Å²) in [6.45, 7) is 2.80. The molecule has 4 heteroatoms. The molecule has 2 N–H and O–H groups in total. The smallest absolute Gasteiger partial charge is 0.153 e. The zero-order chi connectivity index (χ0) is 16.0. The molecule has 2 aromatic rings. The predicted molar refractivity (Wildman–Crippen MR) is 93.9 cm³/mol. The van der Waals surface area contributed by atoms with Crippen LogP contribution in [0.25, 0.3) is 0 Å². The van der Waals surface area contributed by atoms with Gasteiger partial charge >= 0.3 is 0 Å². The number of nitrogens with zero attached hydrogens (tertiary/aromatic N) is 1. The Morgan fingerprint density at radius 2 is 1.68 bits per heavy atom. The van der Waals surface area contributed by atoms with Gasteiger partial charge in [0.2, 0.25) is 0 Å². The van der Waals surface area contributed by atoms with E-state index in [0.29, 0.717) is 11.7 Å². The minimum atomic E-state index is -0.225. The number of halogens is 1. The van der Waals surface area contributed by atoms with Crippen molar-refractivity contribution < 1.29 is 4.39 Å². The number of benzene rings is 2. The van der Waals surface area contributed by atoms with E-state index in [1.165, 1.54) is 29.5 Å². The molecule has 2 nitrogen and oxygen atoms in total. The molecule has 22 heavy (non-hydrogen) atoms. The molecule has 0 fully saturated rings. The van der Waals surface area contributed by atoms with Crippen LogP contribution in [0.1, 0.15) is 24.5 Å². The van der Waals surface area contributed by atoms with Gasteiger partial charge in [-0.2, -0.15) is 0 Å². The minimum absolute atomic E-state index is 0.219. The van der Waals surface area contributed by atoms with Crippen molar-refractivity contribution in [1.29, 1.82) is 0 Å². The second kappa shape index (κ2) is 7.45. The highest BCUT2D eigenvalue weighted by Gasteiger charge is 2.28. The Balaban J connectivity index is 2.34. The van der Waals surface area contributed by atoms with Crippen LogP contribution in [0.2, 0.25) is 0 Å². The standard InChI is InChI=1S/C18H21FN2S/c1-18(12-13-21-17(20)22-2,14-6-4-3-5-7-14)15-8-10-16(19)11-9-15/h3-11H,12-13H2,1-2H3,(H2,20,21). The lowest BCUT2D eigenvalue weighted by Gasteiger charge is -2.30. The van der Waals surface area contributed by atoms with Gasteiger partial charge in [-0.25, -0.2) is 4.39 Å². The van der Waals surface area contributed by atoms with Crippen molar-refractivity contribution in [3.8, 4) is 0 Å². The van der Waals surface area contributed by atoms with E-state index in [0.717, 1.165) is 12.0 Å². The van der Waals surface area contributed by atoms with Gasteiger partial charge in [0.05, 0.1) is 0 Å². The van der Waals surface area contributed by atoms with Crippen LogP contribution in [0.15, 0.2) is 59.6 Å². The van der Waals surface area contributed by atoms with Crippen LogP contribution in [0.5, 0.6) is 0 Å². The summed E-state index contributed by atoms with van der Waals surface area (Å²) in [6.07, 6.45) is 2.72. The van der Waals surface area contributed by atoms with Crippen LogP contribution < -0.4 is 5.73 Å². The Hall–Kier alpha value is -1.81. The summed E-state index contributed by atoms with van der Waals surface area (Å²) >= 11 is 1.45. The van der Waals surface area contributed by atoms with Gasteiger partial charge in [0.1, 0.15) is 5.82 Å². The van der Waals surface area contributed by atoms with E-state index >= 15 is 0 Å². The number of aliphatic imine (C=N–C) groups is 1. The van der Waals surface area contributed by atoms with Gasteiger partial charge in [0.15, 0.2) is 5.17 Å². The zero-order valence-electron chi connectivity index (χ0n) is 12.9. The van der Waals surface area contributed by atoms with E-state index in [9.17, 15) is 4.39 Å². The van der Waals surface area contributed by atoms with Crippen LogP contribution in [0, 0.1) is 5.82 Å². The van der Waals surface area contributed by atoms with E-state index in [-0.39, 0.29) is 11.2 Å². The third-order valence-electron chi connectivity index (χ3n) is 3.98. The zero-order valence-corrected chi connectivity index (χ0v) is 13.7. The van der Waals surface area contributed by atoms with Crippen LogP contribution >= 0.6 is 11.8 Å². The molecule has 0 aliphatic heterocycles. The summed E-state index contributed by atoms with van der Waals surface area (Å²) in [7, 11) is 0. The maximum absolute atomic E-state index is 13.2. The third-order valence-corrected chi connectivity index (χ3v) is 4.53. The van der Waals surface area contributed by atoms with Gasteiger partial charge in [-0.3, -0.25) is 4.99 Å². The van der Waals surface area contributed by atoms with Crippen molar-refractivity contribution in [3.05, 3.63) is 71.5 Å². The molecular weight excluding hydrogens is 295 g/mol. The quantitative estimate of drug-likeness (QED) is 0.663. The molecule has 0 spiro atoms. The highest BCUT2D eigenvalue weighted by atomic mass is 32.2. The van der Waals surface area contributed by atoms with Crippen molar-refractivity contribution >= 4 is 16.9 Å². The van der Waals surface area contributed by atoms with Crippen LogP contribution in [-0.4, -0.2) is 18.0 Å². The fourth-order valence-electron chi connectivity index (χ4n) is 2.53. The molecule has 2 aromatic carbocycles. The second-order valence-corrected chi connectivity index (χ2v) is 6.21. The SMILES string of the molecule is CSC(N)=NCCC(C)(c1ccccc1)c1ccc(F)cc1. The Labute approximate surface area is 135 Å². The molecule has 2 rings (SSSR count). The monoisotopic (exact) mass is 316 g/mol. The number of hydrogen-bond acceptors (Lipinski definition) is 2. The Bertz CT molecular complexity index is 625. The lowest BCUT2D eigenvalue weighted by atomic mass is 9.74. The van der Waals surface area contributed by atoms with Crippen LogP contribution in [-0.2, 0) is 5.41 Å². The number of amidine groups is 1. The molecule has 0 aliphatic rings. The average molecular weight is 316 g/mol. The second-order valence-electron chi connectivity index (χ2n) is 5.38. The molecular formula is C18H21FN2S. The lowest BCUT2D eigenvalue weighted by molar-refractivity contribution is 0.526. The number of nitrogens with two attached hydrogens (primary N) is 1. The fraction of sp³-hybridized carbons (Fsp3) is 0.278. The summed E-state index contributed by atoms with van der Waals surface area (Å²) < 4.78 is 13.2. The van der Waals surface area contributed by atoms with Gasteiger partial charge in [0.25, 0.3) is 0 Å². The minimum Gasteiger partial charge on any atom is -0.379 e. The first kappa shape index (κ1) is 16.6. The molecule has 0 aromatic heterocycles. The Morgan fingerprint density at radius 3 is 2.27 bits per heavy atom. The van der Waals surface area contributed by atoms with E-state index < -0.39 is 0 Å². The lowest BCUT2D eigenvalue weighted by Crippen LogP contribution is -2.25. The molecule has 1 unspecified atom stereocenters. The van der Waals surface area contributed by atoms with Crippen molar-refractivity contribution in [3.63, 3.8) is 0 Å². The third kappa shape index (κ3) is 3.89. The maximum Gasteiger partial charge on any atom is 0.153 e. The molecule has 0 saturated heterocycles. The first-order valence-electron chi connectivity index (χ1n) is 7.22. The highest BCUT2D eigenvalue weighted by Crippen LogP contribution is 2.35. The molecule has 0 radical (unpaired) electrons. The Morgan fingerprint density at radius 1 is 1.09 bits per heavy atom. The number of hydrogen-bond donors (Lipinski definition) is 1. The highest BCUT2D eigenvalue weighted by molar-refractivity contribution is 8.13. The predicted octanol–water partition coefficient (Wildman–Crippen LogP) is 4.20. The largest absolute Gasteiger partial charge is 0.379 e. The van der Waals surface area contributed by atoms with Gasteiger partial charge in [-0.1, -0.05) is 61.2 Å². The molecule has 0 amide bonds. The van der Waals surface area contributed by atoms with Crippen molar-refractivity contribution in [2.45, 2.75) is 18.8 Å². The fourth-order valence-corrected chi connectivity index (χ4v) is 2.75. The van der Waals surface area contributed by atoms with Gasteiger partial charge < -0.3 is 5.73 Å². The van der Waals surface area contributed by atoms with Gasteiger partial charge in [-0.05, 0) is 35.9 Å². The van der Waals surface area contributed by atoms with E-state index in [2.05, 4.69) is 24.0 Å². The summed E-state index contributed by atoms with van der Waals surface area (Å²) in [5.74, 6) is -0.219. The average Bonchev–Trinajstić information content (AvgIpc) is 2.56. The normalized spacial score (nSPS) is 14.6. The van der Waals surface area contributed by atoms with Gasteiger partial charge in [-0.15, -0.1) is 0 Å². The molecule has 0 bridgehead atoms. The Kier molecular flexibility index (Phi) is 5.61. The van der Waals surface area contributed by atoms with E-state index in [1.807, 2.05) is 36.6 Å². The van der Waals surface area contributed by atoms with Crippen molar-refractivity contribution in [2.24, 2.45) is 10.7 Å². The molecule has 0 saturated carbocycles. The first-order chi connectivity index (χ1) is 10.6. The number of thioether (sulfide) groups is 1. The van der Waals surface area contributed by atoms with Crippen molar-refractivity contribution in [1.82, 2.24) is 0 Å². The van der Waals surface area contributed by atoms with Crippen LogP contribution in [0.3, 0.4) is 0 Å². The topological polar surface area (TPSA) is 38.4 Å². The van der Waals surface area contributed by atoms with E-state index in [4.69, 9.17) is 5.73 Å². The number of rotatable bonds is 5. The van der Waals surface area contributed by atoms with Crippen molar-refractivity contribution in [2.75, 3.05) is 12.8 Å². The summed E-state index contributed by atoms with van der Waals surface area (Å²) in [5.41, 5.74) is 7.81. The van der Waals surface area contributed by atoms with Gasteiger partial charge in [0, 0.05) is 12.0 Å². The summed E-state index contributed by atoms with van der Waals surface area (Å²) in [6, 6.07) is 17.0. The molecule has 0 aliphatic carbocycles. The van der Waals surface area contributed by atoms with Crippen LogP contribution in [0.4, 0.5) is 4.39 Å². The first-order valence-corrected chi connectivity index (χ1v) is 8.44.